The molecule has 176 valence electrons. The second-order valence-corrected chi connectivity index (χ2v) is 9.82. The normalized spacial score (nSPS) is 14.7. The Morgan fingerprint density at radius 1 is 1.21 bits per heavy atom. The molecule has 1 aromatic carbocycles. The smallest absolute Gasteiger partial charge is 0.302 e. The summed E-state index contributed by atoms with van der Waals surface area (Å²) < 4.78 is 16.0. The first kappa shape index (κ1) is 22.3. The minimum absolute atomic E-state index is 0.0234. The molecule has 5 rings (SSSR count). The zero-order chi connectivity index (χ0) is 23.8. The van der Waals surface area contributed by atoms with E-state index < -0.39 is 11.3 Å². The molecule has 1 fully saturated rings. The van der Waals surface area contributed by atoms with Gasteiger partial charge in [-0.2, -0.15) is 0 Å². The Bertz CT molecular complexity index is 1400. The quantitative estimate of drug-likeness (QED) is 0.472. The third kappa shape index (κ3) is 4.33. The number of halogens is 1. The SMILES string of the molecule is CC1CCN(C(=O)Cn2ccn3c(=O)c(O)c(-c4ncc(Cc5ccc(F)cc5)s4)nc23)CC1. The van der Waals surface area contributed by atoms with E-state index in [1.807, 2.05) is 4.90 Å². The zero-order valence-electron chi connectivity index (χ0n) is 18.6. The number of aromatic nitrogens is 4. The third-order valence-electron chi connectivity index (χ3n) is 6.22. The van der Waals surface area contributed by atoms with Gasteiger partial charge in [0.05, 0.1) is 0 Å². The van der Waals surface area contributed by atoms with Crippen LogP contribution in [-0.2, 0) is 17.8 Å². The molecular formula is C24H24FN5O3S. The molecule has 1 amide bonds. The highest BCUT2D eigenvalue weighted by atomic mass is 32.1. The summed E-state index contributed by atoms with van der Waals surface area (Å²) >= 11 is 1.30. The van der Waals surface area contributed by atoms with Crippen LogP contribution in [0.5, 0.6) is 5.75 Å². The Balaban J connectivity index is 1.43. The van der Waals surface area contributed by atoms with E-state index in [1.165, 1.54) is 34.1 Å². The fourth-order valence-electron chi connectivity index (χ4n) is 4.14. The molecule has 0 saturated carbocycles. The van der Waals surface area contributed by atoms with Crippen LogP contribution in [0.15, 0.2) is 47.7 Å². The van der Waals surface area contributed by atoms with E-state index in [0.717, 1.165) is 36.4 Å². The maximum absolute atomic E-state index is 13.2. The van der Waals surface area contributed by atoms with Crippen LogP contribution in [0.4, 0.5) is 4.39 Å². The number of imidazole rings is 1. The molecule has 1 aliphatic heterocycles. The number of fused-ring (bicyclic) bond motifs is 1. The van der Waals surface area contributed by atoms with Gasteiger partial charge in [0.2, 0.25) is 17.4 Å². The van der Waals surface area contributed by atoms with E-state index in [9.17, 15) is 19.1 Å². The van der Waals surface area contributed by atoms with E-state index in [4.69, 9.17) is 0 Å². The summed E-state index contributed by atoms with van der Waals surface area (Å²) in [4.78, 5) is 37.2. The number of benzene rings is 1. The van der Waals surface area contributed by atoms with Crippen molar-refractivity contribution in [2.45, 2.75) is 32.7 Å². The van der Waals surface area contributed by atoms with Crippen molar-refractivity contribution in [3.05, 3.63) is 69.5 Å². The predicted molar refractivity (Wildman–Crippen MR) is 126 cm³/mol. The fraction of sp³-hybridized carbons (Fsp3) is 0.333. The van der Waals surface area contributed by atoms with Crippen molar-refractivity contribution in [1.29, 1.82) is 0 Å². The molecule has 0 aliphatic carbocycles. The Morgan fingerprint density at radius 3 is 2.68 bits per heavy atom. The summed E-state index contributed by atoms with van der Waals surface area (Å²) in [6, 6.07) is 6.21. The second kappa shape index (κ2) is 9.02. The average molecular weight is 482 g/mol. The van der Waals surface area contributed by atoms with E-state index in [2.05, 4.69) is 16.9 Å². The molecule has 0 unspecified atom stereocenters. The van der Waals surface area contributed by atoms with Crippen molar-refractivity contribution in [1.82, 2.24) is 23.8 Å². The van der Waals surface area contributed by atoms with Crippen molar-refractivity contribution in [2.75, 3.05) is 13.1 Å². The van der Waals surface area contributed by atoms with Crippen molar-refractivity contribution >= 4 is 23.0 Å². The molecule has 34 heavy (non-hydrogen) atoms. The maximum Gasteiger partial charge on any atom is 0.302 e. The maximum atomic E-state index is 13.2. The van der Waals surface area contributed by atoms with Gasteiger partial charge in [-0.05, 0) is 36.5 Å². The molecule has 1 N–H and O–H groups in total. The molecule has 1 saturated heterocycles. The summed E-state index contributed by atoms with van der Waals surface area (Å²) in [5.74, 6) is 0.0762. The number of hydrogen-bond donors (Lipinski definition) is 1. The van der Waals surface area contributed by atoms with Gasteiger partial charge < -0.3 is 14.6 Å². The summed E-state index contributed by atoms with van der Waals surface area (Å²) in [5, 5.41) is 10.9. The van der Waals surface area contributed by atoms with Gasteiger partial charge >= 0.3 is 5.56 Å². The molecule has 8 nitrogen and oxygen atoms in total. The molecule has 0 atom stereocenters. The Hall–Kier alpha value is -3.53. The molecule has 10 heteroatoms. The lowest BCUT2D eigenvalue weighted by Gasteiger charge is -2.30. The molecule has 3 aromatic heterocycles. The number of hydrogen-bond acceptors (Lipinski definition) is 6. The lowest BCUT2D eigenvalue weighted by Crippen LogP contribution is -2.39. The molecule has 0 radical (unpaired) electrons. The number of likely N-dealkylation sites (tertiary alicyclic amines) is 1. The number of aromatic hydroxyl groups is 1. The summed E-state index contributed by atoms with van der Waals surface area (Å²) in [6.07, 6.45) is 7.29. The number of piperidine rings is 1. The highest BCUT2D eigenvalue weighted by Crippen LogP contribution is 2.30. The van der Waals surface area contributed by atoms with Gasteiger partial charge in [-0.15, -0.1) is 11.3 Å². The molecular weight excluding hydrogens is 457 g/mol. The largest absolute Gasteiger partial charge is 0.501 e. The molecule has 4 heterocycles. The predicted octanol–water partition coefficient (Wildman–Crippen LogP) is 3.31. The van der Waals surface area contributed by atoms with Crippen molar-refractivity contribution in [3.8, 4) is 16.5 Å². The van der Waals surface area contributed by atoms with Gasteiger partial charge in [-0.25, -0.2) is 18.8 Å². The lowest BCUT2D eigenvalue weighted by atomic mass is 9.99. The summed E-state index contributed by atoms with van der Waals surface area (Å²) in [5.41, 5.74) is 0.386. The fourth-order valence-corrected chi connectivity index (χ4v) is 5.08. The number of nitrogens with zero attached hydrogens (tertiary/aromatic N) is 5. The van der Waals surface area contributed by atoms with Gasteiger partial charge in [0.1, 0.15) is 17.4 Å². The highest BCUT2D eigenvalue weighted by molar-refractivity contribution is 7.15. The first-order valence-corrected chi connectivity index (χ1v) is 12.0. The number of rotatable bonds is 5. The summed E-state index contributed by atoms with van der Waals surface area (Å²) in [6.45, 7) is 3.72. The monoisotopic (exact) mass is 481 g/mol. The second-order valence-electron chi connectivity index (χ2n) is 8.71. The van der Waals surface area contributed by atoms with Crippen LogP contribution in [0.25, 0.3) is 16.5 Å². The van der Waals surface area contributed by atoms with E-state index in [0.29, 0.717) is 17.3 Å². The number of carbonyl (C=O) groups excluding carboxylic acids is 1. The minimum atomic E-state index is -0.617. The van der Waals surface area contributed by atoms with Crippen molar-refractivity contribution in [2.24, 2.45) is 5.92 Å². The number of carbonyl (C=O) groups is 1. The highest BCUT2D eigenvalue weighted by Gasteiger charge is 2.23. The van der Waals surface area contributed by atoms with E-state index in [-0.39, 0.29) is 29.7 Å². The van der Waals surface area contributed by atoms with E-state index in [1.54, 1.807) is 29.1 Å². The van der Waals surface area contributed by atoms with Crippen LogP contribution in [0.1, 0.15) is 30.2 Å². The van der Waals surface area contributed by atoms with Crippen molar-refractivity contribution < 1.29 is 14.3 Å². The zero-order valence-corrected chi connectivity index (χ0v) is 19.5. The van der Waals surface area contributed by atoms with Crippen LogP contribution in [0.2, 0.25) is 0 Å². The van der Waals surface area contributed by atoms with Gasteiger partial charge in [0.25, 0.3) is 0 Å². The van der Waals surface area contributed by atoms with Crippen LogP contribution in [0.3, 0.4) is 0 Å². The Labute approximate surface area is 198 Å². The van der Waals surface area contributed by atoms with Crippen molar-refractivity contribution in [3.63, 3.8) is 0 Å². The molecule has 1 aliphatic rings. The van der Waals surface area contributed by atoms with Crippen LogP contribution < -0.4 is 5.56 Å². The Morgan fingerprint density at radius 2 is 1.94 bits per heavy atom. The minimum Gasteiger partial charge on any atom is -0.501 e. The lowest BCUT2D eigenvalue weighted by molar-refractivity contribution is -0.133. The number of amides is 1. The average Bonchev–Trinajstić information content (AvgIpc) is 3.45. The number of thiazole rings is 1. The van der Waals surface area contributed by atoms with Gasteiger partial charge in [-0.3, -0.25) is 9.59 Å². The van der Waals surface area contributed by atoms with Gasteiger partial charge in [0.15, 0.2) is 5.69 Å². The first-order valence-electron chi connectivity index (χ1n) is 11.2. The van der Waals surface area contributed by atoms with Gasteiger partial charge in [0, 0.05) is 43.0 Å². The van der Waals surface area contributed by atoms with Gasteiger partial charge in [-0.1, -0.05) is 19.1 Å². The molecule has 4 aromatic rings. The Kier molecular flexibility index (Phi) is 5.91. The van der Waals surface area contributed by atoms with Crippen LogP contribution in [-0.4, -0.2) is 47.9 Å². The molecule has 0 spiro atoms. The summed E-state index contributed by atoms with van der Waals surface area (Å²) in [7, 11) is 0. The third-order valence-corrected chi connectivity index (χ3v) is 7.22. The topological polar surface area (TPSA) is 92.7 Å². The first-order chi connectivity index (χ1) is 16.4. The standard InChI is InChI=1S/C24H24FN5O3S/c1-15-6-8-28(9-7-15)19(31)14-29-10-11-30-23(33)21(32)20(27-24(29)30)22-26-13-18(34-22)12-16-2-4-17(25)5-3-16/h2-5,10-11,13,15,32H,6-9,12,14H2,1H3. The van der Waals surface area contributed by atoms with Crippen LogP contribution >= 0.6 is 11.3 Å². The molecule has 0 bridgehead atoms. The van der Waals surface area contributed by atoms with E-state index >= 15 is 0 Å². The van der Waals surface area contributed by atoms with Crippen LogP contribution in [0, 0.1) is 11.7 Å².